The molecule has 99 heavy (non-hydrogen) atoms. The molecule has 0 saturated carbocycles. The summed E-state index contributed by atoms with van der Waals surface area (Å²) in [6, 6.07) is 13.3. The standard InChI is InChI=1S/C6H7N.6C5H6N2.4C4H5N3.11C2H6/c1-6-2-4-7-5-3-6;1-5-2-6-4-7-3-5;1-5-4-6-2-3-7-5;1-5-2-3-6-4-7-5;1-5-2-3-6-7-4-5;1-5-6-3-2-4-7-5;1-5-3-2-4-6-7-5;1-4-6-2-5-3-7-4;1-4-2-6-7-3-5-4;1-4-2-5-3-6-7-4;1-4-5-2-3-6-7-4;11*1-2/h2-5H,1H3;6*2-4H,1H3;4*2-3H,1H3;11*1-2H3. The highest BCUT2D eigenvalue weighted by molar-refractivity contribution is 5.06. The summed E-state index contributed by atoms with van der Waals surface area (Å²) in [7, 11) is 0. The van der Waals surface area contributed by atoms with Crippen LogP contribution in [-0.4, -0.2) is 126 Å². The van der Waals surface area contributed by atoms with Crippen molar-refractivity contribution in [3.05, 3.63) is 248 Å². The van der Waals surface area contributed by atoms with E-state index < -0.39 is 0 Å². The highest BCUT2D eigenvalue weighted by Crippen LogP contribution is 1.90. The molecule has 0 amide bonds. The van der Waals surface area contributed by atoms with Gasteiger partial charge < -0.3 is 0 Å². The Morgan fingerprint density at radius 2 is 0.636 bits per heavy atom. The van der Waals surface area contributed by atoms with E-state index in [1.807, 2.05) is 258 Å². The molecule has 11 rings (SSSR count). The van der Waals surface area contributed by atoms with Crippen molar-refractivity contribution in [1.82, 2.24) is 126 Å². The Bertz CT molecular complexity index is 2220. The quantitative estimate of drug-likeness (QED) is 0.136. The maximum absolute atomic E-state index is 3.92. The molecule has 11 aromatic heterocycles. The molecule has 0 saturated heterocycles. The average molecular weight is 1370 g/mol. The van der Waals surface area contributed by atoms with Crippen LogP contribution in [0, 0.1) is 76.2 Å². The molecule has 0 unspecified atom stereocenters. The number of aryl methyl sites for hydroxylation is 11. The van der Waals surface area contributed by atoms with E-state index in [1.54, 1.807) is 118 Å². The van der Waals surface area contributed by atoms with Crippen molar-refractivity contribution in [3.8, 4) is 0 Å². The lowest BCUT2D eigenvalue weighted by atomic mass is 10.3. The van der Waals surface area contributed by atoms with Gasteiger partial charge in [0.2, 0.25) is 0 Å². The summed E-state index contributed by atoms with van der Waals surface area (Å²) < 4.78 is 0. The molecular formula is C74H129N25. The fraction of sp³-hybridized carbons (Fsp3) is 0.446. The lowest BCUT2D eigenvalue weighted by Gasteiger charge is -1.82. The first-order chi connectivity index (χ1) is 48.3. The summed E-state index contributed by atoms with van der Waals surface area (Å²) in [5, 5.41) is 36.0. The van der Waals surface area contributed by atoms with E-state index in [-0.39, 0.29) is 0 Å². The maximum atomic E-state index is 3.92. The molecule has 0 aromatic carbocycles. The van der Waals surface area contributed by atoms with E-state index in [2.05, 4.69) is 126 Å². The summed E-state index contributed by atoms with van der Waals surface area (Å²) in [6.45, 7) is 64.9. The zero-order valence-corrected chi connectivity index (χ0v) is 67.0. The molecule has 11 heterocycles. The largest absolute Gasteiger partial charge is 0.265 e. The Balaban J connectivity index is -0.0000000929. The van der Waals surface area contributed by atoms with E-state index >= 15 is 0 Å². The Morgan fingerprint density at radius 1 is 0.182 bits per heavy atom. The molecule has 11 aromatic rings. The van der Waals surface area contributed by atoms with Gasteiger partial charge in [0, 0.05) is 86.3 Å². The molecule has 0 bridgehead atoms. The smallest absolute Gasteiger partial charge is 0.147 e. The molecule has 0 atom stereocenters. The van der Waals surface area contributed by atoms with Gasteiger partial charge in [-0.3, -0.25) is 15.0 Å². The van der Waals surface area contributed by atoms with Crippen LogP contribution in [0.3, 0.4) is 0 Å². The Hall–Kier alpha value is -10.3. The first-order valence-electron chi connectivity index (χ1n) is 34.0. The molecule has 0 aliphatic rings. The van der Waals surface area contributed by atoms with Crippen LogP contribution in [0.25, 0.3) is 0 Å². The normalized spacial score (nSPS) is 7.44. The summed E-state index contributed by atoms with van der Waals surface area (Å²) >= 11 is 0. The Morgan fingerprint density at radius 3 is 0.859 bits per heavy atom. The van der Waals surface area contributed by atoms with Gasteiger partial charge in [0.1, 0.15) is 55.4 Å². The zero-order valence-electron chi connectivity index (χ0n) is 67.0. The Labute approximate surface area is 600 Å². The second kappa shape index (κ2) is 109. The van der Waals surface area contributed by atoms with Gasteiger partial charge in [0.25, 0.3) is 0 Å². The van der Waals surface area contributed by atoms with E-state index in [9.17, 15) is 0 Å². The second-order valence-corrected chi connectivity index (χ2v) is 14.6. The SMILES string of the molecule is CC.CC.CC.CC.CC.CC.CC.CC.CC.CC.CC.Cc1cccnn1.Cc1ccncc1.Cc1ccncn1.Cc1ccnnc1.Cc1cnccn1.Cc1cncnc1.Cc1cncnn1.Cc1cnncn1.Cc1ncccn1.Cc1nccnn1.Cc1ncncn1. The number of nitrogens with zero attached hydrogens (tertiary/aromatic N) is 25. The number of rotatable bonds is 0. The minimum atomic E-state index is 0.711. The van der Waals surface area contributed by atoms with Crippen LogP contribution in [-0.2, 0) is 0 Å². The molecule has 0 aliphatic carbocycles. The lowest BCUT2D eigenvalue weighted by Crippen LogP contribution is -1.85. The van der Waals surface area contributed by atoms with Gasteiger partial charge in [-0.25, -0.2) is 59.8 Å². The number of hydrogen-bond donors (Lipinski definition) is 0. The van der Waals surface area contributed by atoms with Crippen molar-refractivity contribution in [2.45, 2.75) is 228 Å². The van der Waals surface area contributed by atoms with Crippen LogP contribution in [0.2, 0.25) is 0 Å². The van der Waals surface area contributed by atoms with Crippen molar-refractivity contribution in [2.24, 2.45) is 0 Å². The zero-order chi connectivity index (χ0) is 78.2. The Kier molecular flexibility index (Phi) is 125. The highest BCUT2D eigenvalue weighted by Gasteiger charge is 1.81. The fourth-order valence-corrected chi connectivity index (χ4v) is 3.86. The summed E-state index contributed by atoms with van der Waals surface area (Å²) in [6.07, 6.45) is 37.7. The molecule has 25 heteroatoms. The minimum Gasteiger partial charge on any atom is -0.265 e. The predicted molar refractivity (Wildman–Crippen MR) is 413 cm³/mol. The van der Waals surface area contributed by atoms with Gasteiger partial charge in [-0.1, -0.05) is 152 Å². The van der Waals surface area contributed by atoms with Gasteiger partial charge in [0.05, 0.1) is 47.6 Å². The lowest BCUT2D eigenvalue weighted by molar-refractivity contribution is 0.907. The molecule has 550 valence electrons. The summed E-state index contributed by atoms with van der Waals surface area (Å²) in [5.41, 5.74) is 8.19. The first-order valence-corrected chi connectivity index (χ1v) is 34.0. The van der Waals surface area contributed by atoms with Gasteiger partial charge in [-0.05, 0) is 135 Å². The van der Waals surface area contributed by atoms with Crippen LogP contribution in [0.1, 0.15) is 215 Å². The number of pyridine rings is 1. The van der Waals surface area contributed by atoms with Crippen molar-refractivity contribution in [2.75, 3.05) is 0 Å². The van der Waals surface area contributed by atoms with Crippen molar-refractivity contribution >= 4 is 0 Å². The maximum Gasteiger partial charge on any atom is 0.147 e. The van der Waals surface area contributed by atoms with Crippen molar-refractivity contribution in [1.29, 1.82) is 0 Å². The summed E-state index contributed by atoms with van der Waals surface area (Å²) in [4.78, 5) is 56.9. The van der Waals surface area contributed by atoms with Gasteiger partial charge in [-0.2, -0.15) is 35.7 Å². The van der Waals surface area contributed by atoms with E-state index in [0.717, 1.165) is 51.2 Å². The average Bonchev–Trinajstić information content (AvgIpc) is 3.72. The second-order valence-electron chi connectivity index (χ2n) is 14.6. The topological polar surface area (TPSA) is 322 Å². The minimum absolute atomic E-state index is 0.711. The highest BCUT2D eigenvalue weighted by atomic mass is 15.1. The molecule has 0 N–H and O–H groups in total. The third-order valence-corrected chi connectivity index (χ3v) is 7.53. The first kappa shape index (κ1) is 113. The van der Waals surface area contributed by atoms with Crippen LogP contribution >= 0.6 is 0 Å². The molecule has 0 spiro atoms. The molecule has 0 fully saturated rings. The van der Waals surface area contributed by atoms with Crippen molar-refractivity contribution < 1.29 is 0 Å². The number of aromatic nitrogens is 25. The third-order valence-electron chi connectivity index (χ3n) is 7.53. The van der Waals surface area contributed by atoms with Gasteiger partial charge in [0.15, 0.2) is 0 Å². The number of hydrogen-bond acceptors (Lipinski definition) is 25. The van der Waals surface area contributed by atoms with Crippen LogP contribution in [0.4, 0.5) is 0 Å². The van der Waals surface area contributed by atoms with E-state index in [1.165, 1.54) is 43.5 Å². The fourth-order valence-electron chi connectivity index (χ4n) is 3.86. The molecular weight excluding hydrogens is 1240 g/mol. The van der Waals surface area contributed by atoms with Crippen LogP contribution < -0.4 is 0 Å². The van der Waals surface area contributed by atoms with Gasteiger partial charge >= 0.3 is 0 Å². The summed E-state index contributed by atoms with van der Waals surface area (Å²) in [5.74, 6) is 2.29. The van der Waals surface area contributed by atoms with Crippen LogP contribution in [0.15, 0.2) is 186 Å². The van der Waals surface area contributed by atoms with Gasteiger partial charge in [-0.15, -0.1) is 15.3 Å². The van der Waals surface area contributed by atoms with Crippen molar-refractivity contribution in [3.63, 3.8) is 0 Å². The molecule has 25 nitrogen and oxygen atoms in total. The monoisotopic (exact) mass is 1370 g/mol. The van der Waals surface area contributed by atoms with Crippen LogP contribution in [0.5, 0.6) is 0 Å². The molecule has 0 radical (unpaired) electrons. The molecule has 0 aliphatic heterocycles. The predicted octanol–water partition coefficient (Wildman–Crippen LogP) is 18.1. The van der Waals surface area contributed by atoms with E-state index in [0.29, 0.717) is 5.82 Å². The third kappa shape index (κ3) is 107. The van der Waals surface area contributed by atoms with E-state index in [4.69, 9.17) is 0 Å².